The lowest BCUT2D eigenvalue weighted by molar-refractivity contribution is -0.0314. The van der Waals surface area contributed by atoms with Crippen LogP contribution in [-0.2, 0) is 31.0 Å². The highest BCUT2D eigenvalue weighted by Gasteiger charge is 2.44. The number of sulfone groups is 1. The third-order valence-electron chi connectivity index (χ3n) is 8.75. The summed E-state index contributed by atoms with van der Waals surface area (Å²) in [5.41, 5.74) is 1.85. The normalized spacial score (nSPS) is 23.4. The van der Waals surface area contributed by atoms with E-state index >= 15 is 0 Å². The van der Waals surface area contributed by atoms with Crippen LogP contribution >= 0.6 is 0 Å². The van der Waals surface area contributed by atoms with Gasteiger partial charge in [0.05, 0.1) is 33.4 Å². The monoisotopic (exact) mass is 587 g/mol. The number of hydrogen-bond acceptors (Lipinski definition) is 7. The summed E-state index contributed by atoms with van der Waals surface area (Å²) >= 11 is 0. The first-order valence-electron chi connectivity index (χ1n) is 14.2. The smallest absolute Gasteiger partial charge is 0.243 e. The van der Waals surface area contributed by atoms with E-state index < -0.39 is 26.0 Å². The average molecular weight is 588 g/mol. The van der Waals surface area contributed by atoms with Crippen molar-refractivity contribution in [2.75, 3.05) is 26.3 Å². The van der Waals surface area contributed by atoms with Gasteiger partial charge in [0.25, 0.3) is 0 Å². The zero-order valence-electron chi connectivity index (χ0n) is 22.6. The predicted octanol–water partition coefficient (Wildman–Crippen LogP) is 3.97. The summed E-state index contributed by atoms with van der Waals surface area (Å²) in [5.74, 6) is 0.747. The fraction of sp³-hybridized carbons (Fsp3) is 0.533. The lowest BCUT2D eigenvalue weighted by Crippen LogP contribution is -2.46. The second-order valence-electron chi connectivity index (χ2n) is 11.7. The minimum absolute atomic E-state index is 0.0945. The molecule has 1 saturated carbocycles. The maximum atomic E-state index is 13.3. The molecule has 2 heterocycles. The van der Waals surface area contributed by atoms with E-state index in [1.54, 1.807) is 40.7 Å². The van der Waals surface area contributed by atoms with Crippen molar-refractivity contribution in [3.63, 3.8) is 0 Å². The molecule has 0 radical (unpaired) electrons. The molecule has 0 bridgehead atoms. The zero-order chi connectivity index (χ0) is 28.0. The van der Waals surface area contributed by atoms with Gasteiger partial charge in [0, 0.05) is 13.1 Å². The van der Waals surface area contributed by atoms with Gasteiger partial charge in [-0.05, 0) is 98.7 Å². The molecular weight excluding hydrogens is 550 g/mol. The first-order chi connectivity index (χ1) is 19.1. The molecule has 3 fully saturated rings. The summed E-state index contributed by atoms with van der Waals surface area (Å²) in [6.07, 6.45) is 9.14. The van der Waals surface area contributed by atoms with Crippen LogP contribution in [0.3, 0.4) is 0 Å². The topological polar surface area (TPSA) is 110 Å². The van der Waals surface area contributed by atoms with Crippen LogP contribution in [0.5, 0.6) is 5.75 Å². The molecule has 10 heteroatoms. The maximum absolute atomic E-state index is 13.3. The maximum Gasteiger partial charge on any atom is 0.243 e. The van der Waals surface area contributed by atoms with E-state index in [4.69, 9.17) is 9.47 Å². The number of benzene rings is 2. The number of nitrogens with zero attached hydrogens (tertiary/aromatic N) is 1. The molecule has 2 aromatic carbocycles. The number of aliphatic hydroxyl groups is 1. The van der Waals surface area contributed by atoms with Gasteiger partial charge in [0.15, 0.2) is 9.84 Å². The number of rotatable bonds is 10. The van der Waals surface area contributed by atoms with Gasteiger partial charge in [0.1, 0.15) is 12.4 Å². The molecule has 1 N–H and O–H groups in total. The molecule has 2 aliphatic carbocycles. The minimum Gasteiger partial charge on any atom is -0.491 e. The highest BCUT2D eigenvalue weighted by Crippen LogP contribution is 2.41. The Hall–Kier alpha value is -2.24. The lowest BCUT2D eigenvalue weighted by atomic mass is 9.84. The van der Waals surface area contributed by atoms with Crippen molar-refractivity contribution in [2.24, 2.45) is 5.92 Å². The number of ether oxygens (including phenoxy) is 2. The molecule has 2 aliphatic heterocycles. The van der Waals surface area contributed by atoms with Crippen LogP contribution in [0.1, 0.15) is 56.1 Å². The molecule has 40 heavy (non-hydrogen) atoms. The number of piperidine rings is 1. The van der Waals surface area contributed by atoms with Crippen LogP contribution in [0, 0.1) is 5.92 Å². The number of hydrogen-bond donors (Lipinski definition) is 1. The van der Waals surface area contributed by atoms with Crippen LogP contribution in [-0.4, -0.2) is 69.5 Å². The summed E-state index contributed by atoms with van der Waals surface area (Å²) in [6, 6.07) is 11.9. The molecule has 4 aliphatic rings. The minimum atomic E-state index is -3.54. The van der Waals surface area contributed by atoms with Crippen LogP contribution in [0.15, 0.2) is 58.3 Å². The third kappa shape index (κ3) is 5.74. The molecule has 6 rings (SSSR count). The largest absolute Gasteiger partial charge is 0.491 e. The Morgan fingerprint density at radius 3 is 2.62 bits per heavy atom. The molecule has 2 atom stereocenters. The molecule has 0 aromatic heterocycles. The van der Waals surface area contributed by atoms with E-state index in [-0.39, 0.29) is 22.4 Å². The van der Waals surface area contributed by atoms with Crippen LogP contribution in [0.4, 0.5) is 0 Å². The van der Waals surface area contributed by atoms with E-state index in [1.165, 1.54) is 0 Å². The Bertz CT molecular complexity index is 1490. The van der Waals surface area contributed by atoms with Crippen molar-refractivity contribution in [3.8, 4) is 5.75 Å². The summed E-state index contributed by atoms with van der Waals surface area (Å²) < 4.78 is 65.1. The zero-order valence-corrected chi connectivity index (χ0v) is 24.2. The molecule has 216 valence electrons. The van der Waals surface area contributed by atoms with Crippen molar-refractivity contribution in [3.05, 3.63) is 59.7 Å². The van der Waals surface area contributed by atoms with E-state index in [0.717, 1.165) is 30.4 Å². The van der Waals surface area contributed by atoms with Gasteiger partial charge in [0.2, 0.25) is 10.0 Å². The Kier molecular flexibility index (Phi) is 7.58. The first-order valence-corrected chi connectivity index (χ1v) is 17.2. The van der Waals surface area contributed by atoms with Gasteiger partial charge < -0.3 is 14.6 Å². The van der Waals surface area contributed by atoms with Crippen molar-refractivity contribution < 1.29 is 31.4 Å². The van der Waals surface area contributed by atoms with Crippen molar-refractivity contribution in [2.45, 2.75) is 78.1 Å². The average Bonchev–Trinajstić information content (AvgIpc) is 3.60. The van der Waals surface area contributed by atoms with Crippen LogP contribution < -0.4 is 4.74 Å². The molecule has 0 unspecified atom stereocenters. The Balaban J connectivity index is 0.959. The Morgan fingerprint density at radius 1 is 1.05 bits per heavy atom. The SMILES string of the molecule is O=S(=O)(c1cccc(OC[C@@H](O)CC[C@H]2COC3(CCN(S(=O)(=O)c4ccc5c(c4)CC=C5)CC3)C2)c1)C1CC1. The standard InChI is InChI=1S/C30H37NO7S2/c32-25(21-37-26-5-2-6-28(18-26)39(33,34)27-11-12-27)9-7-22-19-30(38-20-22)13-15-31(16-14-30)40(35,36)29-10-8-23-3-1-4-24(23)17-29/h1-3,5-6,8,10,17-18,22,25,27,32H,4,7,9,11-16,19-21H2/t22-,25+/m1/s1. The number of fused-ring (bicyclic) bond motifs is 1. The second-order valence-corrected chi connectivity index (χ2v) is 15.9. The summed E-state index contributed by atoms with van der Waals surface area (Å²) in [6.45, 7) is 1.59. The van der Waals surface area contributed by atoms with Gasteiger partial charge in [-0.1, -0.05) is 24.3 Å². The van der Waals surface area contributed by atoms with Crippen molar-refractivity contribution in [1.82, 2.24) is 4.31 Å². The third-order valence-corrected chi connectivity index (χ3v) is 12.9. The van der Waals surface area contributed by atoms with E-state index in [9.17, 15) is 21.9 Å². The van der Waals surface area contributed by atoms with Gasteiger partial charge in [-0.15, -0.1) is 0 Å². The van der Waals surface area contributed by atoms with Crippen molar-refractivity contribution >= 4 is 25.9 Å². The van der Waals surface area contributed by atoms with E-state index in [2.05, 4.69) is 6.08 Å². The molecule has 1 spiro atoms. The van der Waals surface area contributed by atoms with Gasteiger partial charge >= 0.3 is 0 Å². The molecule has 8 nitrogen and oxygen atoms in total. The van der Waals surface area contributed by atoms with Crippen molar-refractivity contribution in [1.29, 1.82) is 0 Å². The second kappa shape index (κ2) is 10.9. The molecule has 0 amide bonds. The fourth-order valence-corrected chi connectivity index (χ4v) is 9.35. The van der Waals surface area contributed by atoms with Gasteiger partial charge in [-0.2, -0.15) is 4.31 Å². The molecule has 2 saturated heterocycles. The summed E-state index contributed by atoms with van der Waals surface area (Å²) in [7, 11) is -6.82. The van der Waals surface area contributed by atoms with Gasteiger partial charge in [-0.25, -0.2) is 16.8 Å². The number of sulfonamides is 1. The Morgan fingerprint density at radius 2 is 1.85 bits per heavy atom. The first kappa shape index (κ1) is 27.9. The summed E-state index contributed by atoms with van der Waals surface area (Å²) in [5, 5.41) is 10.3. The number of aliphatic hydroxyl groups excluding tert-OH is 1. The summed E-state index contributed by atoms with van der Waals surface area (Å²) in [4.78, 5) is 0.641. The highest BCUT2D eigenvalue weighted by atomic mass is 32.2. The van der Waals surface area contributed by atoms with E-state index in [1.807, 2.05) is 12.1 Å². The molecular formula is C30H37NO7S2. The van der Waals surface area contributed by atoms with E-state index in [0.29, 0.717) is 68.4 Å². The predicted molar refractivity (Wildman–Crippen MR) is 151 cm³/mol. The lowest BCUT2D eigenvalue weighted by Gasteiger charge is -2.38. The Labute approximate surface area is 237 Å². The van der Waals surface area contributed by atoms with Crippen LogP contribution in [0.2, 0.25) is 0 Å². The number of allylic oxidation sites excluding steroid dienone is 1. The highest BCUT2D eigenvalue weighted by molar-refractivity contribution is 7.92. The van der Waals surface area contributed by atoms with Gasteiger partial charge in [-0.3, -0.25) is 0 Å². The quantitative estimate of drug-likeness (QED) is 0.448. The van der Waals surface area contributed by atoms with Crippen LogP contribution in [0.25, 0.3) is 6.08 Å². The molecule has 2 aromatic rings. The fourth-order valence-electron chi connectivity index (χ4n) is 6.17.